The van der Waals surface area contributed by atoms with Crippen molar-refractivity contribution in [1.82, 2.24) is 4.98 Å². The van der Waals surface area contributed by atoms with Gasteiger partial charge >= 0.3 is 0 Å². The number of hydrazine groups is 1. The average Bonchev–Trinajstić information content (AvgIpc) is 2.38. The van der Waals surface area contributed by atoms with Gasteiger partial charge in [0.15, 0.2) is 5.82 Å². The highest BCUT2D eigenvalue weighted by Crippen LogP contribution is 2.20. The molecule has 0 unspecified atom stereocenters. The van der Waals surface area contributed by atoms with Gasteiger partial charge in [-0.25, -0.2) is 10.8 Å². The lowest BCUT2D eigenvalue weighted by molar-refractivity contribution is 0.102. The molecule has 1 aromatic heterocycles. The first kappa shape index (κ1) is 14.0. The van der Waals surface area contributed by atoms with Gasteiger partial charge < -0.3 is 10.7 Å². The number of carbonyl (C=O) groups excluding carboxylic acids is 1. The van der Waals surface area contributed by atoms with Crippen LogP contribution in [-0.2, 0) is 0 Å². The van der Waals surface area contributed by atoms with Gasteiger partial charge in [-0.15, -0.1) is 0 Å². The summed E-state index contributed by atoms with van der Waals surface area (Å²) >= 11 is 6.62. The normalized spacial score (nSPS) is 10.1. The molecular weight excluding hydrogens is 376 g/mol. The summed E-state index contributed by atoms with van der Waals surface area (Å²) in [7, 11) is 0. The minimum absolute atomic E-state index is 0.292. The Morgan fingerprint density at radius 1 is 1.21 bits per heavy atom. The van der Waals surface area contributed by atoms with E-state index in [1.807, 2.05) is 12.1 Å². The van der Waals surface area contributed by atoms with E-state index in [2.05, 4.69) is 47.6 Å². The number of benzene rings is 1. The highest BCUT2D eigenvalue weighted by Gasteiger charge is 2.13. The van der Waals surface area contributed by atoms with Crippen LogP contribution in [0, 0.1) is 0 Å². The third-order valence-corrected chi connectivity index (χ3v) is 3.25. The second kappa shape index (κ2) is 6.14. The number of hydrogen-bond donors (Lipinski definition) is 3. The Hall–Kier alpha value is -1.44. The van der Waals surface area contributed by atoms with E-state index in [0.29, 0.717) is 21.5 Å². The Balaban J connectivity index is 2.27. The van der Waals surface area contributed by atoms with Crippen LogP contribution in [0.2, 0.25) is 0 Å². The summed E-state index contributed by atoms with van der Waals surface area (Å²) in [5.41, 5.74) is 3.44. The van der Waals surface area contributed by atoms with Crippen molar-refractivity contribution in [3.05, 3.63) is 51.0 Å². The summed E-state index contributed by atoms with van der Waals surface area (Å²) in [5, 5.41) is 2.78. The number of hydrogen-bond acceptors (Lipinski definition) is 4. The van der Waals surface area contributed by atoms with Crippen LogP contribution in [0.4, 0.5) is 11.5 Å². The first-order chi connectivity index (χ1) is 9.10. The van der Waals surface area contributed by atoms with Gasteiger partial charge in [-0.05, 0) is 40.2 Å². The first-order valence-electron chi connectivity index (χ1n) is 5.29. The van der Waals surface area contributed by atoms with Gasteiger partial charge in [0.1, 0.15) is 0 Å². The highest BCUT2D eigenvalue weighted by molar-refractivity contribution is 9.10. The van der Waals surface area contributed by atoms with Gasteiger partial charge in [0.05, 0.1) is 5.56 Å². The quantitative estimate of drug-likeness (QED) is 0.560. The molecule has 0 saturated heterocycles. The Kier molecular flexibility index (Phi) is 4.52. The van der Waals surface area contributed by atoms with E-state index < -0.39 is 0 Å². The van der Waals surface area contributed by atoms with Crippen molar-refractivity contribution in [2.45, 2.75) is 0 Å². The molecule has 2 aromatic rings. The van der Waals surface area contributed by atoms with Crippen molar-refractivity contribution in [1.29, 1.82) is 0 Å². The molecule has 7 heteroatoms. The fourth-order valence-corrected chi connectivity index (χ4v) is 2.22. The molecule has 0 radical (unpaired) electrons. The second-order valence-electron chi connectivity index (χ2n) is 3.66. The van der Waals surface area contributed by atoms with E-state index >= 15 is 0 Å². The average molecular weight is 386 g/mol. The number of nitrogen functional groups attached to an aromatic ring is 1. The number of nitrogens with two attached hydrogens (primary N) is 1. The number of amides is 1. The van der Waals surface area contributed by atoms with Crippen LogP contribution in [0.5, 0.6) is 0 Å². The molecule has 2 rings (SSSR count). The monoisotopic (exact) mass is 384 g/mol. The minimum atomic E-state index is -0.292. The Morgan fingerprint density at radius 2 is 2.00 bits per heavy atom. The molecule has 1 heterocycles. The fourth-order valence-electron chi connectivity index (χ4n) is 1.49. The maximum Gasteiger partial charge on any atom is 0.259 e. The van der Waals surface area contributed by atoms with Crippen LogP contribution in [-0.4, -0.2) is 10.9 Å². The summed E-state index contributed by atoms with van der Waals surface area (Å²) in [6, 6.07) is 8.96. The molecule has 1 aromatic carbocycles. The first-order valence-corrected chi connectivity index (χ1v) is 6.88. The smallest absolute Gasteiger partial charge is 0.259 e. The lowest BCUT2D eigenvalue weighted by Gasteiger charge is -2.09. The Labute approximate surface area is 126 Å². The number of aromatic nitrogens is 1. The molecule has 1 amide bonds. The van der Waals surface area contributed by atoms with E-state index in [0.717, 1.165) is 4.47 Å². The van der Waals surface area contributed by atoms with Gasteiger partial charge in [0.25, 0.3) is 5.91 Å². The van der Waals surface area contributed by atoms with Crippen molar-refractivity contribution in [3.63, 3.8) is 0 Å². The molecule has 4 N–H and O–H groups in total. The van der Waals surface area contributed by atoms with Gasteiger partial charge in [0.2, 0.25) is 0 Å². The Morgan fingerprint density at radius 3 is 2.68 bits per heavy atom. The molecule has 0 fully saturated rings. The van der Waals surface area contributed by atoms with Crippen molar-refractivity contribution in [2.75, 3.05) is 10.7 Å². The number of pyridine rings is 1. The van der Waals surface area contributed by atoms with Crippen LogP contribution in [0.25, 0.3) is 0 Å². The van der Waals surface area contributed by atoms with Crippen LogP contribution >= 0.6 is 31.9 Å². The van der Waals surface area contributed by atoms with Crippen LogP contribution in [0.15, 0.2) is 45.5 Å². The standard InChI is InChI=1S/C12H10Br2N4O/c13-7-2-1-3-9(4-7)17-12(19)10-5-8(14)6-16-11(10)18-15/h1-6H,15H2,(H,16,18)(H,17,19). The van der Waals surface area contributed by atoms with Crippen molar-refractivity contribution in [2.24, 2.45) is 5.84 Å². The number of anilines is 2. The molecule has 98 valence electrons. The number of carbonyl (C=O) groups is 1. The molecule has 0 atom stereocenters. The molecule has 0 aliphatic carbocycles. The predicted molar refractivity (Wildman–Crippen MR) is 81.8 cm³/mol. The summed E-state index contributed by atoms with van der Waals surface area (Å²) in [6.45, 7) is 0. The maximum atomic E-state index is 12.2. The number of nitrogens with one attached hydrogen (secondary N) is 2. The van der Waals surface area contributed by atoms with E-state index in [1.165, 1.54) is 0 Å². The van der Waals surface area contributed by atoms with Gasteiger partial charge in [-0.1, -0.05) is 22.0 Å². The van der Waals surface area contributed by atoms with Crippen LogP contribution in [0.3, 0.4) is 0 Å². The highest BCUT2D eigenvalue weighted by atomic mass is 79.9. The summed E-state index contributed by atoms with van der Waals surface area (Å²) in [6.07, 6.45) is 1.56. The van der Waals surface area contributed by atoms with Crippen molar-refractivity contribution >= 4 is 49.3 Å². The lowest BCUT2D eigenvalue weighted by atomic mass is 10.2. The molecule has 19 heavy (non-hydrogen) atoms. The molecule has 0 spiro atoms. The second-order valence-corrected chi connectivity index (χ2v) is 5.49. The van der Waals surface area contributed by atoms with Crippen molar-refractivity contribution in [3.8, 4) is 0 Å². The zero-order valence-electron chi connectivity index (χ0n) is 9.65. The molecular formula is C12H10Br2N4O. The summed E-state index contributed by atoms with van der Waals surface area (Å²) in [5.74, 6) is 5.36. The van der Waals surface area contributed by atoms with E-state index in [-0.39, 0.29) is 5.91 Å². The molecule has 0 aliphatic heterocycles. The molecule has 0 saturated carbocycles. The van der Waals surface area contributed by atoms with Gasteiger partial charge in [-0.2, -0.15) is 0 Å². The van der Waals surface area contributed by atoms with Gasteiger partial charge in [-0.3, -0.25) is 4.79 Å². The zero-order chi connectivity index (χ0) is 13.8. The molecule has 5 nitrogen and oxygen atoms in total. The molecule has 0 aliphatic rings. The van der Waals surface area contributed by atoms with Crippen molar-refractivity contribution < 1.29 is 4.79 Å². The number of rotatable bonds is 3. The fraction of sp³-hybridized carbons (Fsp3) is 0. The number of halogens is 2. The van der Waals surface area contributed by atoms with Crippen LogP contribution < -0.4 is 16.6 Å². The molecule has 0 bridgehead atoms. The summed E-state index contributed by atoms with van der Waals surface area (Å²) < 4.78 is 1.58. The van der Waals surface area contributed by atoms with E-state index in [4.69, 9.17) is 5.84 Å². The lowest BCUT2D eigenvalue weighted by Crippen LogP contribution is -2.18. The third-order valence-electron chi connectivity index (χ3n) is 2.32. The maximum absolute atomic E-state index is 12.2. The van der Waals surface area contributed by atoms with Gasteiger partial charge in [0, 0.05) is 20.8 Å². The number of nitrogens with zero attached hydrogens (tertiary/aromatic N) is 1. The zero-order valence-corrected chi connectivity index (χ0v) is 12.8. The topological polar surface area (TPSA) is 80.0 Å². The minimum Gasteiger partial charge on any atom is -0.322 e. The van der Waals surface area contributed by atoms with E-state index in [9.17, 15) is 4.79 Å². The third kappa shape index (κ3) is 3.52. The van der Waals surface area contributed by atoms with Crippen LogP contribution in [0.1, 0.15) is 10.4 Å². The largest absolute Gasteiger partial charge is 0.322 e. The SMILES string of the molecule is NNc1ncc(Br)cc1C(=O)Nc1cccc(Br)c1. The predicted octanol–water partition coefficient (Wildman–Crippen LogP) is 3.14. The Bertz CT molecular complexity index is 618. The van der Waals surface area contributed by atoms with E-state index in [1.54, 1.807) is 24.4 Å². The summed E-state index contributed by atoms with van der Waals surface area (Å²) in [4.78, 5) is 16.2.